The number of ether oxygens (including phenoxy) is 1. The lowest BCUT2D eigenvalue weighted by Gasteiger charge is -2.43. The van der Waals surface area contributed by atoms with Gasteiger partial charge in [0, 0.05) is 55.9 Å². The number of alkyl halides is 1. The Morgan fingerprint density at radius 1 is 1.13 bits per heavy atom. The van der Waals surface area contributed by atoms with Gasteiger partial charge in [-0.15, -0.1) is 0 Å². The molecule has 1 aromatic heterocycles. The predicted molar refractivity (Wildman–Crippen MR) is 177 cm³/mol. The molecule has 10 heteroatoms. The highest BCUT2D eigenvalue weighted by molar-refractivity contribution is 5.97. The van der Waals surface area contributed by atoms with Crippen molar-refractivity contribution >= 4 is 28.1 Å². The van der Waals surface area contributed by atoms with Gasteiger partial charge >= 0.3 is 0 Å². The van der Waals surface area contributed by atoms with Gasteiger partial charge in [0.05, 0.1) is 36.5 Å². The van der Waals surface area contributed by atoms with Crippen molar-refractivity contribution in [2.45, 2.75) is 50.9 Å². The minimum absolute atomic E-state index is 0.143. The van der Waals surface area contributed by atoms with Crippen LogP contribution in [0, 0.1) is 29.6 Å². The molecule has 2 saturated heterocycles. The highest BCUT2D eigenvalue weighted by Crippen LogP contribution is 2.40. The van der Waals surface area contributed by atoms with Crippen molar-refractivity contribution in [3.63, 3.8) is 0 Å². The van der Waals surface area contributed by atoms with Gasteiger partial charge in [0.2, 0.25) is 11.8 Å². The highest BCUT2D eigenvalue weighted by atomic mass is 19.1. The monoisotopic (exact) mass is 621 g/mol. The summed E-state index contributed by atoms with van der Waals surface area (Å²) in [6.07, 6.45) is 2.78. The number of nitrogens with zero attached hydrogens (tertiary/aromatic N) is 7. The summed E-state index contributed by atoms with van der Waals surface area (Å²) < 4.78 is 22.0. The van der Waals surface area contributed by atoms with Crippen molar-refractivity contribution in [1.29, 1.82) is 10.5 Å². The van der Waals surface area contributed by atoms with Crippen LogP contribution >= 0.6 is 0 Å². The highest BCUT2D eigenvalue weighted by Gasteiger charge is 2.37. The summed E-state index contributed by atoms with van der Waals surface area (Å²) in [5.74, 6) is -0.0711. The van der Waals surface area contributed by atoms with Crippen LogP contribution in [0.1, 0.15) is 41.6 Å². The van der Waals surface area contributed by atoms with Gasteiger partial charge in [0.25, 0.3) is 0 Å². The van der Waals surface area contributed by atoms with Gasteiger partial charge < -0.3 is 24.3 Å². The SMILES string of the molecule is C=CC(=O)N1CCN(c2c(C#N)c(OCC3(F)CCN(C)CC3)nc3c2CCN(c2cccc4cccc(C)c24)C3)CC1CC#N. The number of fused-ring (bicyclic) bond motifs is 2. The first-order valence-corrected chi connectivity index (χ1v) is 16.0. The molecule has 1 atom stereocenters. The third kappa shape index (κ3) is 5.98. The Morgan fingerprint density at radius 3 is 2.61 bits per heavy atom. The number of piperidine rings is 1. The number of halogens is 1. The van der Waals surface area contributed by atoms with Crippen LogP contribution < -0.4 is 14.5 Å². The number of benzene rings is 2. The van der Waals surface area contributed by atoms with E-state index in [4.69, 9.17) is 9.72 Å². The predicted octanol–water partition coefficient (Wildman–Crippen LogP) is 4.91. The smallest absolute Gasteiger partial charge is 0.246 e. The largest absolute Gasteiger partial charge is 0.473 e. The number of hydrogen-bond acceptors (Lipinski definition) is 8. The van der Waals surface area contributed by atoms with E-state index in [0.29, 0.717) is 58.5 Å². The van der Waals surface area contributed by atoms with Gasteiger partial charge in [-0.05, 0) is 56.3 Å². The van der Waals surface area contributed by atoms with E-state index in [1.165, 1.54) is 22.4 Å². The normalized spacial score (nSPS) is 19.7. The second kappa shape index (κ2) is 13.0. The molecule has 3 aliphatic heterocycles. The maximum absolute atomic E-state index is 15.9. The molecule has 6 rings (SSSR count). The van der Waals surface area contributed by atoms with Crippen LogP contribution in [0.3, 0.4) is 0 Å². The van der Waals surface area contributed by atoms with Gasteiger partial charge in [0.1, 0.15) is 23.9 Å². The number of rotatable bonds is 7. The topological polar surface area (TPSA) is 99.7 Å². The first kappa shape index (κ1) is 31.3. The Labute approximate surface area is 270 Å². The number of pyridine rings is 1. The summed E-state index contributed by atoms with van der Waals surface area (Å²) in [7, 11) is 1.98. The van der Waals surface area contributed by atoms with Crippen LogP contribution in [0.15, 0.2) is 49.1 Å². The molecule has 0 radical (unpaired) electrons. The van der Waals surface area contributed by atoms with E-state index in [1.54, 1.807) is 4.90 Å². The Kier molecular flexibility index (Phi) is 8.84. The molecular formula is C36H40FN7O2. The van der Waals surface area contributed by atoms with Crippen LogP contribution in [0.4, 0.5) is 15.8 Å². The van der Waals surface area contributed by atoms with Crippen molar-refractivity contribution in [2.24, 2.45) is 0 Å². The van der Waals surface area contributed by atoms with E-state index in [1.807, 2.05) is 7.05 Å². The lowest BCUT2D eigenvalue weighted by atomic mass is 9.94. The average molecular weight is 622 g/mol. The maximum Gasteiger partial charge on any atom is 0.246 e. The number of carbonyl (C=O) groups excluding carboxylic acids is 1. The molecule has 46 heavy (non-hydrogen) atoms. The average Bonchev–Trinajstić information content (AvgIpc) is 3.07. The lowest BCUT2D eigenvalue weighted by molar-refractivity contribution is -0.128. The van der Waals surface area contributed by atoms with Crippen molar-refractivity contribution in [3.8, 4) is 18.0 Å². The van der Waals surface area contributed by atoms with E-state index in [2.05, 4.69) is 76.7 Å². The summed E-state index contributed by atoms with van der Waals surface area (Å²) in [6, 6.07) is 16.8. The first-order valence-electron chi connectivity index (χ1n) is 16.0. The number of likely N-dealkylation sites (tertiary alicyclic amines) is 1. The minimum atomic E-state index is -1.50. The Balaban J connectivity index is 1.40. The molecule has 9 nitrogen and oxygen atoms in total. The van der Waals surface area contributed by atoms with E-state index in [-0.39, 0.29) is 36.4 Å². The summed E-state index contributed by atoms with van der Waals surface area (Å²) in [5, 5.41) is 22.5. The standard InChI is InChI=1S/C36H40FN7O2/c1-4-32(45)44-20-19-43(22-27(44)11-15-38)34-28-12-16-42(31-10-6-9-26-8-5-7-25(2)33(26)31)23-30(28)40-35(29(34)21-39)46-24-36(37)13-17-41(3)18-14-36/h4-10,27H,1,11-14,16-20,22-24H2,2-3H3. The molecule has 3 aromatic rings. The van der Waals surface area contributed by atoms with Crippen molar-refractivity contribution in [1.82, 2.24) is 14.8 Å². The fourth-order valence-electron chi connectivity index (χ4n) is 7.17. The molecular weight excluding hydrogens is 581 g/mol. The lowest BCUT2D eigenvalue weighted by Crippen LogP contribution is -2.55. The number of piperazine rings is 1. The molecule has 0 aliphatic carbocycles. The summed E-state index contributed by atoms with van der Waals surface area (Å²) in [6.45, 7) is 9.32. The van der Waals surface area contributed by atoms with Gasteiger partial charge in [-0.25, -0.2) is 9.37 Å². The van der Waals surface area contributed by atoms with Crippen LogP contribution in [0.25, 0.3) is 10.8 Å². The van der Waals surface area contributed by atoms with Crippen molar-refractivity contribution in [2.75, 3.05) is 62.7 Å². The summed E-state index contributed by atoms with van der Waals surface area (Å²) in [4.78, 5) is 25.8. The van der Waals surface area contributed by atoms with Gasteiger partial charge in [-0.1, -0.05) is 36.9 Å². The van der Waals surface area contributed by atoms with Crippen molar-refractivity contribution < 1.29 is 13.9 Å². The summed E-state index contributed by atoms with van der Waals surface area (Å²) >= 11 is 0. The van der Waals surface area contributed by atoms with Crippen LogP contribution in [0.5, 0.6) is 5.88 Å². The van der Waals surface area contributed by atoms with E-state index in [0.717, 1.165) is 29.2 Å². The Bertz CT molecular complexity index is 1730. The zero-order valence-corrected chi connectivity index (χ0v) is 26.6. The molecule has 2 fully saturated rings. The second-order valence-electron chi connectivity index (χ2n) is 12.7. The van der Waals surface area contributed by atoms with Gasteiger partial charge in [-0.3, -0.25) is 4.79 Å². The number of anilines is 2. The Hall–Kier alpha value is -4.67. The zero-order chi connectivity index (χ0) is 32.4. The van der Waals surface area contributed by atoms with E-state index in [9.17, 15) is 15.3 Å². The van der Waals surface area contributed by atoms with Crippen molar-refractivity contribution in [3.05, 3.63) is 71.4 Å². The number of nitriles is 2. The second-order valence-corrected chi connectivity index (χ2v) is 12.7. The number of carbonyl (C=O) groups is 1. The van der Waals surface area contributed by atoms with E-state index < -0.39 is 5.67 Å². The number of amides is 1. The fraction of sp³-hybridized carbons (Fsp3) is 0.444. The van der Waals surface area contributed by atoms with Crippen LogP contribution in [-0.2, 0) is 17.8 Å². The molecule has 0 saturated carbocycles. The molecule has 4 heterocycles. The molecule has 0 spiro atoms. The van der Waals surface area contributed by atoms with Gasteiger partial charge in [-0.2, -0.15) is 10.5 Å². The molecule has 0 N–H and O–H groups in total. The third-order valence-electron chi connectivity index (χ3n) is 9.77. The molecule has 3 aliphatic rings. The molecule has 238 valence electrons. The quantitative estimate of drug-likeness (QED) is 0.344. The molecule has 0 bridgehead atoms. The number of hydrogen-bond donors (Lipinski definition) is 0. The maximum atomic E-state index is 15.9. The molecule has 2 aromatic carbocycles. The molecule has 1 amide bonds. The minimum Gasteiger partial charge on any atom is -0.473 e. The number of aryl methyl sites for hydroxylation is 1. The zero-order valence-electron chi connectivity index (χ0n) is 26.6. The number of aromatic nitrogens is 1. The van der Waals surface area contributed by atoms with Gasteiger partial charge in [0.15, 0.2) is 0 Å². The van der Waals surface area contributed by atoms with Crippen LogP contribution in [-0.4, -0.2) is 85.3 Å². The van der Waals surface area contributed by atoms with E-state index >= 15 is 4.39 Å². The third-order valence-corrected chi connectivity index (χ3v) is 9.77. The fourth-order valence-corrected chi connectivity index (χ4v) is 7.17. The van der Waals surface area contributed by atoms with Crippen LogP contribution in [0.2, 0.25) is 0 Å². The first-order chi connectivity index (χ1) is 22.2. The summed E-state index contributed by atoms with van der Waals surface area (Å²) in [5.41, 5.74) is 3.57. The Morgan fingerprint density at radius 2 is 1.89 bits per heavy atom. The molecule has 1 unspecified atom stereocenters.